The maximum Gasteiger partial charge on any atom is 0.0408 e. The summed E-state index contributed by atoms with van der Waals surface area (Å²) in [5, 5.41) is 0.827. The van der Waals surface area contributed by atoms with Gasteiger partial charge in [0.15, 0.2) is 0 Å². The molecule has 1 aliphatic rings. The molecule has 0 radical (unpaired) electrons. The molecule has 0 amide bonds. The molecule has 1 fully saturated rings. The average Bonchev–Trinajstić information content (AvgIpc) is 2.34. The van der Waals surface area contributed by atoms with E-state index in [0.29, 0.717) is 0 Å². The molecule has 17 heavy (non-hydrogen) atoms. The van der Waals surface area contributed by atoms with E-state index < -0.39 is 0 Å². The number of nitrogens with zero attached hydrogens (tertiary/aromatic N) is 1. The molecule has 1 aliphatic heterocycles. The van der Waals surface area contributed by atoms with Gasteiger partial charge >= 0.3 is 0 Å². The van der Waals surface area contributed by atoms with Crippen LogP contribution in [0.2, 0.25) is 5.02 Å². The summed E-state index contributed by atoms with van der Waals surface area (Å²) < 4.78 is 0. The van der Waals surface area contributed by atoms with Crippen molar-refractivity contribution in [1.82, 2.24) is 4.90 Å². The summed E-state index contributed by atoms with van der Waals surface area (Å²) in [5.41, 5.74) is 8.39. The summed E-state index contributed by atoms with van der Waals surface area (Å²) in [6.45, 7) is 6.36. The van der Waals surface area contributed by atoms with E-state index in [4.69, 9.17) is 17.3 Å². The van der Waals surface area contributed by atoms with Gasteiger partial charge in [-0.05, 0) is 68.6 Å². The van der Waals surface area contributed by atoms with Gasteiger partial charge in [0.2, 0.25) is 0 Å². The minimum absolute atomic E-state index is 0.734. The largest absolute Gasteiger partial charge is 0.330 e. The quantitative estimate of drug-likeness (QED) is 0.897. The number of halogens is 1. The van der Waals surface area contributed by atoms with Crippen LogP contribution >= 0.6 is 11.6 Å². The van der Waals surface area contributed by atoms with Crippen LogP contribution in [0, 0.1) is 12.8 Å². The van der Waals surface area contributed by atoms with Gasteiger partial charge in [-0.15, -0.1) is 0 Å². The third kappa shape index (κ3) is 3.44. The second-order valence-electron chi connectivity index (χ2n) is 5.03. The number of aryl methyl sites for hydroxylation is 1. The first-order valence-electron chi connectivity index (χ1n) is 6.36. The third-order valence-electron chi connectivity index (χ3n) is 3.74. The Hall–Kier alpha value is -0.570. The van der Waals surface area contributed by atoms with Crippen LogP contribution in [-0.2, 0) is 6.54 Å². The van der Waals surface area contributed by atoms with E-state index in [9.17, 15) is 0 Å². The predicted octanol–water partition coefficient (Wildman–Crippen LogP) is 2.82. The lowest BCUT2D eigenvalue weighted by molar-refractivity contribution is 0.180. The molecule has 3 heteroatoms. The fourth-order valence-corrected chi connectivity index (χ4v) is 2.68. The molecule has 0 bridgehead atoms. The number of hydrogen-bond acceptors (Lipinski definition) is 2. The number of piperidine rings is 1. The Bertz CT molecular complexity index is 370. The van der Waals surface area contributed by atoms with Crippen molar-refractivity contribution in [3.8, 4) is 0 Å². The molecule has 1 saturated heterocycles. The summed E-state index contributed by atoms with van der Waals surface area (Å²) >= 11 is 5.97. The van der Waals surface area contributed by atoms with Crippen LogP contribution in [-0.4, -0.2) is 24.5 Å². The van der Waals surface area contributed by atoms with Gasteiger partial charge in [-0.25, -0.2) is 0 Å². The minimum atomic E-state index is 0.734. The van der Waals surface area contributed by atoms with Crippen molar-refractivity contribution < 1.29 is 0 Å². The molecule has 0 saturated carbocycles. The van der Waals surface area contributed by atoms with Crippen molar-refractivity contribution in [1.29, 1.82) is 0 Å². The van der Waals surface area contributed by atoms with E-state index in [2.05, 4.69) is 17.9 Å². The highest BCUT2D eigenvalue weighted by Gasteiger charge is 2.18. The van der Waals surface area contributed by atoms with Crippen LogP contribution in [0.15, 0.2) is 18.2 Å². The van der Waals surface area contributed by atoms with Crippen molar-refractivity contribution >= 4 is 11.6 Å². The van der Waals surface area contributed by atoms with Crippen LogP contribution in [0.25, 0.3) is 0 Å². The van der Waals surface area contributed by atoms with E-state index in [-0.39, 0.29) is 0 Å². The second kappa shape index (κ2) is 5.85. The highest BCUT2D eigenvalue weighted by atomic mass is 35.5. The van der Waals surface area contributed by atoms with Gasteiger partial charge in [0, 0.05) is 11.6 Å². The number of likely N-dealkylation sites (tertiary alicyclic amines) is 1. The van der Waals surface area contributed by atoms with Gasteiger partial charge in [0.1, 0.15) is 0 Å². The van der Waals surface area contributed by atoms with Gasteiger partial charge < -0.3 is 5.73 Å². The van der Waals surface area contributed by atoms with Gasteiger partial charge in [0.25, 0.3) is 0 Å². The molecule has 0 unspecified atom stereocenters. The maximum absolute atomic E-state index is 5.97. The SMILES string of the molecule is Cc1cc(Cl)ccc1CN1CCC(CN)CC1. The molecule has 1 aromatic rings. The number of benzene rings is 1. The summed E-state index contributed by atoms with van der Waals surface area (Å²) in [4.78, 5) is 2.52. The highest BCUT2D eigenvalue weighted by Crippen LogP contribution is 2.21. The monoisotopic (exact) mass is 252 g/mol. The Balaban J connectivity index is 1.93. The summed E-state index contributed by atoms with van der Waals surface area (Å²) in [7, 11) is 0. The Morgan fingerprint density at radius 3 is 2.65 bits per heavy atom. The van der Waals surface area contributed by atoms with Crippen LogP contribution in [0.5, 0.6) is 0 Å². The average molecular weight is 253 g/mol. The van der Waals surface area contributed by atoms with Gasteiger partial charge in [-0.1, -0.05) is 17.7 Å². The summed E-state index contributed by atoms with van der Waals surface area (Å²) in [6.07, 6.45) is 2.48. The standard InChI is InChI=1S/C14H21ClN2/c1-11-8-14(15)3-2-13(11)10-17-6-4-12(9-16)5-7-17/h2-3,8,12H,4-7,9-10,16H2,1H3. The molecule has 0 spiro atoms. The lowest BCUT2D eigenvalue weighted by Gasteiger charge is -2.31. The van der Waals surface area contributed by atoms with Crippen LogP contribution in [0.4, 0.5) is 0 Å². The van der Waals surface area contributed by atoms with Crippen molar-refractivity contribution in [3.63, 3.8) is 0 Å². The fraction of sp³-hybridized carbons (Fsp3) is 0.571. The normalized spacial score (nSPS) is 18.5. The van der Waals surface area contributed by atoms with E-state index >= 15 is 0 Å². The lowest BCUT2D eigenvalue weighted by atomic mass is 9.96. The van der Waals surface area contributed by atoms with Crippen molar-refractivity contribution in [3.05, 3.63) is 34.3 Å². The topological polar surface area (TPSA) is 29.3 Å². The molecular formula is C14H21ClN2. The van der Waals surface area contributed by atoms with E-state index in [1.165, 1.54) is 37.1 Å². The molecule has 2 nitrogen and oxygen atoms in total. The van der Waals surface area contributed by atoms with Gasteiger partial charge in [-0.3, -0.25) is 4.90 Å². The molecular weight excluding hydrogens is 232 g/mol. The molecule has 0 aromatic heterocycles. The van der Waals surface area contributed by atoms with Gasteiger partial charge in [-0.2, -0.15) is 0 Å². The van der Waals surface area contributed by atoms with Gasteiger partial charge in [0.05, 0.1) is 0 Å². The van der Waals surface area contributed by atoms with E-state index in [1.807, 2.05) is 12.1 Å². The fourth-order valence-electron chi connectivity index (χ4n) is 2.46. The van der Waals surface area contributed by atoms with Crippen LogP contribution in [0.3, 0.4) is 0 Å². The van der Waals surface area contributed by atoms with Crippen molar-refractivity contribution in [2.45, 2.75) is 26.3 Å². The highest BCUT2D eigenvalue weighted by molar-refractivity contribution is 6.30. The molecule has 94 valence electrons. The number of nitrogens with two attached hydrogens (primary N) is 1. The number of rotatable bonds is 3. The molecule has 1 aromatic carbocycles. The third-order valence-corrected chi connectivity index (χ3v) is 3.97. The first-order chi connectivity index (χ1) is 8.19. The summed E-state index contributed by atoms with van der Waals surface area (Å²) in [5.74, 6) is 0.734. The predicted molar refractivity (Wildman–Crippen MR) is 73.2 cm³/mol. The molecule has 2 N–H and O–H groups in total. The molecule has 2 rings (SSSR count). The Morgan fingerprint density at radius 2 is 2.06 bits per heavy atom. The van der Waals surface area contributed by atoms with E-state index in [1.54, 1.807) is 0 Å². The summed E-state index contributed by atoms with van der Waals surface area (Å²) in [6, 6.07) is 6.17. The second-order valence-corrected chi connectivity index (χ2v) is 5.46. The first kappa shape index (κ1) is 12.9. The van der Waals surface area contributed by atoms with Crippen molar-refractivity contribution in [2.75, 3.05) is 19.6 Å². The lowest BCUT2D eigenvalue weighted by Crippen LogP contribution is -2.35. The zero-order valence-corrected chi connectivity index (χ0v) is 11.2. The Labute approximate surface area is 109 Å². The van der Waals surface area contributed by atoms with Crippen LogP contribution in [0.1, 0.15) is 24.0 Å². The smallest absolute Gasteiger partial charge is 0.0408 e. The van der Waals surface area contributed by atoms with Crippen LogP contribution < -0.4 is 5.73 Å². The first-order valence-corrected chi connectivity index (χ1v) is 6.74. The molecule has 0 atom stereocenters. The zero-order valence-electron chi connectivity index (χ0n) is 10.5. The number of hydrogen-bond donors (Lipinski definition) is 1. The Kier molecular flexibility index (Phi) is 4.43. The molecule has 1 heterocycles. The molecule has 0 aliphatic carbocycles. The Morgan fingerprint density at radius 1 is 1.35 bits per heavy atom. The van der Waals surface area contributed by atoms with Crippen molar-refractivity contribution in [2.24, 2.45) is 11.7 Å². The van der Waals surface area contributed by atoms with E-state index in [0.717, 1.165) is 24.0 Å². The zero-order chi connectivity index (χ0) is 12.3. The maximum atomic E-state index is 5.97. The minimum Gasteiger partial charge on any atom is -0.330 e.